The maximum absolute atomic E-state index is 5.33. The normalized spacial score (nSPS) is 11.6. The standard InChI is InChI=1S/C58H36N2S/c1-2-12-37(13-3-1)38-22-28-42(29-23-38)58-59-53(36-54(60-58)48-19-9-8-17-46(48)44-31-32-50-49-20-10-11-21-55(49)61-56(50)35-44)40-24-26-41(27-25-40)57-47-18-7-5-15-43(47)34-52-45-16-6-4-14-39(45)30-33-51(52)57/h1-36H. The minimum Gasteiger partial charge on any atom is -0.228 e. The number of rotatable bonds is 6. The molecule has 3 heteroatoms. The van der Waals surface area contributed by atoms with E-state index in [1.165, 1.54) is 74.7 Å². The molecule has 0 saturated heterocycles. The molecular weight excluding hydrogens is 757 g/mol. The molecule has 0 radical (unpaired) electrons. The summed E-state index contributed by atoms with van der Waals surface area (Å²) >= 11 is 1.85. The molecule has 0 amide bonds. The van der Waals surface area contributed by atoms with Gasteiger partial charge in [0.05, 0.1) is 11.4 Å². The molecule has 284 valence electrons. The van der Waals surface area contributed by atoms with Gasteiger partial charge in [-0.2, -0.15) is 0 Å². The molecule has 0 atom stereocenters. The highest BCUT2D eigenvalue weighted by molar-refractivity contribution is 7.25. The molecule has 0 bridgehead atoms. The van der Waals surface area contributed by atoms with Crippen LogP contribution in [0.2, 0.25) is 0 Å². The summed E-state index contributed by atoms with van der Waals surface area (Å²) in [4.78, 5) is 10.6. The quantitative estimate of drug-likeness (QED) is 0.124. The molecule has 0 aliphatic heterocycles. The molecular formula is C58H36N2S. The van der Waals surface area contributed by atoms with Gasteiger partial charge in [0.25, 0.3) is 0 Å². The molecule has 0 fully saturated rings. The van der Waals surface area contributed by atoms with Crippen LogP contribution in [0.5, 0.6) is 0 Å². The van der Waals surface area contributed by atoms with Gasteiger partial charge in [0, 0.05) is 36.9 Å². The molecule has 2 aromatic heterocycles. The predicted molar refractivity (Wildman–Crippen MR) is 260 cm³/mol. The van der Waals surface area contributed by atoms with Crippen molar-refractivity contribution in [3.05, 3.63) is 218 Å². The lowest BCUT2D eigenvalue weighted by Crippen LogP contribution is -1.97. The highest BCUT2D eigenvalue weighted by atomic mass is 32.1. The molecule has 0 aliphatic carbocycles. The predicted octanol–water partition coefficient (Wildman–Crippen LogP) is 16.3. The maximum atomic E-state index is 5.33. The molecule has 0 unspecified atom stereocenters. The fourth-order valence-electron chi connectivity index (χ4n) is 9.10. The largest absolute Gasteiger partial charge is 0.228 e. The van der Waals surface area contributed by atoms with Crippen LogP contribution < -0.4 is 0 Å². The van der Waals surface area contributed by atoms with E-state index >= 15 is 0 Å². The monoisotopic (exact) mass is 792 g/mol. The second kappa shape index (κ2) is 14.5. The lowest BCUT2D eigenvalue weighted by molar-refractivity contribution is 1.18. The lowest BCUT2D eigenvalue weighted by atomic mass is 9.89. The van der Waals surface area contributed by atoms with E-state index in [9.17, 15) is 0 Å². The number of hydrogen-bond donors (Lipinski definition) is 0. The molecule has 0 N–H and O–H groups in total. The van der Waals surface area contributed by atoms with Crippen molar-refractivity contribution in [3.8, 4) is 67.3 Å². The highest BCUT2D eigenvalue weighted by Gasteiger charge is 2.17. The van der Waals surface area contributed by atoms with Gasteiger partial charge >= 0.3 is 0 Å². The first-order chi connectivity index (χ1) is 30.2. The summed E-state index contributed by atoms with van der Waals surface area (Å²) in [7, 11) is 0. The van der Waals surface area contributed by atoms with Crippen LogP contribution in [0.3, 0.4) is 0 Å². The van der Waals surface area contributed by atoms with Gasteiger partial charge in [0.1, 0.15) is 0 Å². The summed E-state index contributed by atoms with van der Waals surface area (Å²) in [6, 6.07) is 78.7. The number of benzene rings is 10. The van der Waals surface area contributed by atoms with Crippen molar-refractivity contribution in [2.45, 2.75) is 0 Å². The van der Waals surface area contributed by atoms with E-state index in [0.29, 0.717) is 5.82 Å². The molecule has 0 aliphatic rings. The minimum atomic E-state index is 0.692. The van der Waals surface area contributed by atoms with E-state index in [-0.39, 0.29) is 0 Å². The number of fused-ring (bicyclic) bond motifs is 7. The Labute approximate surface area is 357 Å². The number of aromatic nitrogens is 2. The van der Waals surface area contributed by atoms with Crippen molar-refractivity contribution in [1.29, 1.82) is 0 Å². The van der Waals surface area contributed by atoms with Gasteiger partial charge in [0.15, 0.2) is 5.82 Å². The van der Waals surface area contributed by atoms with Crippen molar-refractivity contribution in [2.24, 2.45) is 0 Å². The Morgan fingerprint density at radius 2 is 0.852 bits per heavy atom. The van der Waals surface area contributed by atoms with Gasteiger partial charge in [-0.05, 0) is 90.0 Å². The van der Waals surface area contributed by atoms with Gasteiger partial charge in [-0.3, -0.25) is 0 Å². The van der Waals surface area contributed by atoms with E-state index in [1.54, 1.807) is 0 Å². The topological polar surface area (TPSA) is 25.8 Å². The first-order valence-corrected chi connectivity index (χ1v) is 21.5. The SMILES string of the molecule is c1ccc(-c2ccc(-c3nc(-c4ccc(-c5c6ccccc6cc6c5ccc5ccccc56)cc4)cc(-c4ccccc4-c4ccc5c(c4)sc4ccccc45)n3)cc2)cc1. The van der Waals surface area contributed by atoms with Crippen molar-refractivity contribution >= 4 is 63.8 Å². The van der Waals surface area contributed by atoms with Crippen LogP contribution in [-0.2, 0) is 0 Å². The number of thiophene rings is 1. The first-order valence-electron chi connectivity index (χ1n) is 20.7. The molecule has 0 saturated carbocycles. The van der Waals surface area contributed by atoms with Crippen molar-refractivity contribution in [2.75, 3.05) is 0 Å². The molecule has 12 aromatic rings. The summed E-state index contributed by atoms with van der Waals surface area (Å²) in [5, 5.41) is 10.1. The summed E-state index contributed by atoms with van der Waals surface area (Å²) < 4.78 is 2.59. The Balaban J connectivity index is 1.01. The second-order valence-electron chi connectivity index (χ2n) is 15.7. The van der Waals surface area contributed by atoms with Crippen LogP contribution in [-0.4, -0.2) is 9.97 Å². The van der Waals surface area contributed by atoms with Gasteiger partial charge in [0.2, 0.25) is 0 Å². The Morgan fingerprint density at radius 3 is 1.69 bits per heavy atom. The zero-order valence-electron chi connectivity index (χ0n) is 33.1. The van der Waals surface area contributed by atoms with Crippen LogP contribution in [0, 0.1) is 0 Å². The zero-order valence-corrected chi connectivity index (χ0v) is 33.9. The number of nitrogens with zero attached hydrogens (tertiary/aromatic N) is 2. The van der Waals surface area contributed by atoms with E-state index < -0.39 is 0 Å². The van der Waals surface area contributed by atoms with Gasteiger partial charge < -0.3 is 0 Å². The fraction of sp³-hybridized carbons (Fsp3) is 0. The third-order valence-electron chi connectivity index (χ3n) is 12.1. The molecule has 0 spiro atoms. The van der Waals surface area contributed by atoms with Gasteiger partial charge in [-0.25, -0.2) is 9.97 Å². The Hall–Kier alpha value is -7.72. The zero-order chi connectivity index (χ0) is 40.3. The van der Waals surface area contributed by atoms with E-state index in [0.717, 1.165) is 39.2 Å². The molecule has 2 nitrogen and oxygen atoms in total. The highest BCUT2D eigenvalue weighted by Crippen LogP contribution is 2.42. The lowest BCUT2D eigenvalue weighted by Gasteiger charge is -2.15. The summed E-state index contributed by atoms with van der Waals surface area (Å²) in [5.41, 5.74) is 11.9. The van der Waals surface area contributed by atoms with Gasteiger partial charge in [-0.1, -0.05) is 194 Å². The van der Waals surface area contributed by atoms with E-state index in [1.807, 2.05) is 11.3 Å². The Kier molecular flexibility index (Phi) is 8.39. The van der Waals surface area contributed by atoms with Crippen molar-refractivity contribution in [1.82, 2.24) is 9.97 Å². The van der Waals surface area contributed by atoms with Crippen LogP contribution in [0.4, 0.5) is 0 Å². The maximum Gasteiger partial charge on any atom is 0.160 e. The van der Waals surface area contributed by atoms with E-state index in [4.69, 9.17) is 9.97 Å². The molecule has 61 heavy (non-hydrogen) atoms. The summed E-state index contributed by atoms with van der Waals surface area (Å²) in [6.07, 6.45) is 0. The minimum absolute atomic E-state index is 0.692. The average Bonchev–Trinajstić information content (AvgIpc) is 3.71. The Bertz CT molecular complexity index is 3620. The van der Waals surface area contributed by atoms with Crippen LogP contribution in [0.15, 0.2) is 218 Å². The van der Waals surface area contributed by atoms with E-state index in [2.05, 4.69) is 218 Å². The second-order valence-corrected chi connectivity index (χ2v) is 16.8. The molecule has 10 aromatic carbocycles. The van der Waals surface area contributed by atoms with Crippen LogP contribution in [0.1, 0.15) is 0 Å². The molecule has 12 rings (SSSR count). The Morgan fingerprint density at radius 1 is 0.279 bits per heavy atom. The van der Waals surface area contributed by atoms with Crippen molar-refractivity contribution < 1.29 is 0 Å². The van der Waals surface area contributed by atoms with Crippen LogP contribution >= 0.6 is 11.3 Å². The summed E-state index contributed by atoms with van der Waals surface area (Å²) in [6.45, 7) is 0. The third-order valence-corrected chi connectivity index (χ3v) is 13.2. The summed E-state index contributed by atoms with van der Waals surface area (Å²) in [5.74, 6) is 0.692. The molecule has 2 heterocycles. The first kappa shape index (κ1) is 35.2. The average molecular weight is 793 g/mol. The van der Waals surface area contributed by atoms with Crippen molar-refractivity contribution in [3.63, 3.8) is 0 Å². The smallest absolute Gasteiger partial charge is 0.160 e. The fourth-order valence-corrected chi connectivity index (χ4v) is 10.2. The third kappa shape index (κ3) is 6.18. The van der Waals surface area contributed by atoms with Crippen LogP contribution in [0.25, 0.3) is 120 Å². The number of hydrogen-bond acceptors (Lipinski definition) is 3. The van der Waals surface area contributed by atoms with Gasteiger partial charge in [-0.15, -0.1) is 11.3 Å².